The molecule has 10 nitrogen and oxygen atoms in total. The summed E-state index contributed by atoms with van der Waals surface area (Å²) in [5.41, 5.74) is 3.11. The highest BCUT2D eigenvalue weighted by Crippen LogP contribution is 2.30. The minimum absolute atomic E-state index is 0.0161. The summed E-state index contributed by atoms with van der Waals surface area (Å²) in [6.45, 7) is 8.86. The number of aliphatic hydroxyl groups is 1. The second-order valence-corrected chi connectivity index (χ2v) is 12.8. The predicted octanol–water partition coefficient (Wildman–Crippen LogP) is 5.08. The number of hydrogen-bond donors (Lipinski definition) is 3. The number of fused-ring (bicyclic) bond motifs is 1. The third-order valence-corrected chi connectivity index (χ3v) is 8.88. The summed E-state index contributed by atoms with van der Waals surface area (Å²) in [5.74, 6) is 0.459. The summed E-state index contributed by atoms with van der Waals surface area (Å²) in [7, 11) is 0. The minimum Gasteiger partial charge on any atom is -0.391 e. The van der Waals surface area contributed by atoms with E-state index in [4.69, 9.17) is 4.98 Å². The Morgan fingerprint density at radius 1 is 1.11 bits per heavy atom. The molecule has 0 saturated heterocycles. The summed E-state index contributed by atoms with van der Waals surface area (Å²) in [6.07, 6.45) is 14.9. The van der Waals surface area contributed by atoms with Crippen molar-refractivity contribution in [3.63, 3.8) is 0 Å². The molecule has 0 spiro atoms. The number of nitrogens with zero attached hydrogens (tertiary/aromatic N) is 5. The van der Waals surface area contributed by atoms with Crippen LogP contribution in [0.3, 0.4) is 0 Å². The molecule has 44 heavy (non-hydrogen) atoms. The van der Waals surface area contributed by atoms with Crippen LogP contribution >= 0.6 is 0 Å². The van der Waals surface area contributed by atoms with Gasteiger partial charge in [-0.3, -0.25) is 19.0 Å². The van der Waals surface area contributed by atoms with E-state index in [9.17, 15) is 14.7 Å². The van der Waals surface area contributed by atoms with E-state index in [0.29, 0.717) is 36.8 Å². The largest absolute Gasteiger partial charge is 0.391 e. The molecule has 240 valence electrons. The molecule has 1 fully saturated rings. The second-order valence-electron chi connectivity index (χ2n) is 12.8. The second kappa shape index (κ2) is 16.6. The van der Waals surface area contributed by atoms with E-state index in [0.717, 1.165) is 55.5 Å². The van der Waals surface area contributed by atoms with Crippen LogP contribution in [0.15, 0.2) is 30.7 Å². The van der Waals surface area contributed by atoms with Crippen LogP contribution in [0.25, 0.3) is 16.9 Å². The molecular formula is C34H51N7O3. The Kier molecular flexibility index (Phi) is 12.6. The molecule has 0 bridgehead atoms. The molecule has 4 rings (SSSR count). The Balaban J connectivity index is 1.53. The summed E-state index contributed by atoms with van der Waals surface area (Å²) in [4.78, 5) is 35.7. The number of aliphatic hydroxyl groups excluding tert-OH is 1. The molecular weight excluding hydrogens is 554 g/mol. The zero-order valence-corrected chi connectivity index (χ0v) is 27.0. The van der Waals surface area contributed by atoms with Crippen molar-refractivity contribution >= 4 is 17.5 Å². The first kappa shape index (κ1) is 33.5. The molecule has 1 aliphatic rings. The third kappa shape index (κ3) is 9.06. The molecule has 1 aliphatic carbocycles. The van der Waals surface area contributed by atoms with Crippen molar-refractivity contribution in [3.8, 4) is 11.3 Å². The van der Waals surface area contributed by atoms with Crippen molar-refractivity contribution < 1.29 is 14.7 Å². The molecule has 3 N–H and O–H groups in total. The number of carbonyl (C=O) groups is 2. The molecule has 2 amide bonds. The van der Waals surface area contributed by atoms with Crippen LogP contribution in [-0.4, -0.2) is 60.2 Å². The fourth-order valence-corrected chi connectivity index (χ4v) is 6.30. The monoisotopic (exact) mass is 605 g/mol. The van der Waals surface area contributed by atoms with Gasteiger partial charge in [-0.1, -0.05) is 72.6 Å². The van der Waals surface area contributed by atoms with Crippen LogP contribution in [0.5, 0.6) is 0 Å². The number of pyridine rings is 1. The van der Waals surface area contributed by atoms with Crippen molar-refractivity contribution in [1.29, 1.82) is 0 Å². The molecule has 0 aromatic carbocycles. The lowest BCUT2D eigenvalue weighted by atomic mass is 9.81. The molecule has 3 heterocycles. The van der Waals surface area contributed by atoms with Crippen molar-refractivity contribution in [2.75, 3.05) is 6.54 Å². The summed E-state index contributed by atoms with van der Waals surface area (Å²) < 4.78 is 1.86. The Morgan fingerprint density at radius 2 is 1.91 bits per heavy atom. The molecule has 10 heteroatoms. The average Bonchev–Trinajstić information content (AvgIpc) is 3.42. The Labute approximate surface area is 261 Å². The highest BCUT2D eigenvalue weighted by molar-refractivity contribution is 5.79. The SMILES string of the molecule is CCCCNC(=O)[C@@H](C[C@H](O)[C@H](CC1CCCCC1)NC(=O)Cc1nnc2c(CCC)nc(-c3cccnc3)cn12)C(C)C. The molecule has 3 atom stereocenters. The van der Waals surface area contributed by atoms with Gasteiger partial charge in [-0.25, -0.2) is 4.98 Å². The molecule has 0 aliphatic heterocycles. The molecule has 3 aromatic rings. The first-order chi connectivity index (χ1) is 21.3. The summed E-state index contributed by atoms with van der Waals surface area (Å²) in [6, 6.07) is 3.38. The van der Waals surface area contributed by atoms with Gasteiger partial charge in [0, 0.05) is 36.6 Å². The Hall–Kier alpha value is -3.40. The number of carbonyl (C=O) groups excluding carboxylic acids is 2. The lowest BCUT2D eigenvalue weighted by Gasteiger charge is -2.32. The standard InChI is InChI=1S/C34H51N7O3/c1-5-7-17-36-34(44)26(23(3)4)19-30(42)28(18-24-13-9-8-10-14-24)38-32(43)20-31-39-40-33-27(12-6-2)37-29(22-41(31)33)25-15-11-16-35-21-25/h11,15-16,21-24,26,28,30,42H,5-10,12-14,17-20H2,1-4H3,(H,36,44)(H,38,43)/t26-,28-,30-/m0/s1. The fraction of sp³-hybridized carbons (Fsp3) is 0.647. The van der Waals surface area contributed by atoms with E-state index in [2.05, 4.69) is 39.7 Å². The average molecular weight is 606 g/mol. The number of rotatable bonds is 16. The van der Waals surface area contributed by atoms with E-state index in [1.807, 2.05) is 36.6 Å². The van der Waals surface area contributed by atoms with E-state index in [1.165, 1.54) is 19.3 Å². The van der Waals surface area contributed by atoms with Crippen LogP contribution in [0.2, 0.25) is 0 Å². The summed E-state index contributed by atoms with van der Waals surface area (Å²) >= 11 is 0. The number of amides is 2. The number of aromatic nitrogens is 5. The van der Waals surface area contributed by atoms with Crippen molar-refractivity contribution in [2.24, 2.45) is 17.8 Å². The van der Waals surface area contributed by atoms with Gasteiger partial charge < -0.3 is 15.7 Å². The van der Waals surface area contributed by atoms with Gasteiger partial charge in [-0.15, -0.1) is 10.2 Å². The van der Waals surface area contributed by atoms with E-state index in [1.54, 1.807) is 12.4 Å². The maximum absolute atomic E-state index is 13.6. The minimum atomic E-state index is -0.835. The first-order valence-electron chi connectivity index (χ1n) is 16.7. The van der Waals surface area contributed by atoms with Crippen molar-refractivity contribution in [1.82, 2.24) is 35.2 Å². The van der Waals surface area contributed by atoms with Crippen molar-refractivity contribution in [3.05, 3.63) is 42.2 Å². The van der Waals surface area contributed by atoms with Gasteiger partial charge in [0.2, 0.25) is 11.8 Å². The number of aryl methyl sites for hydroxylation is 1. The van der Waals surface area contributed by atoms with Crippen LogP contribution in [0.4, 0.5) is 0 Å². The number of nitrogens with one attached hydrogen (secondary N) is 2. The predicted molar refractivity (Wildman–Crippen MR) is 172 cm³/mol. The van der Waals surface area contributed by atoms with Gasteiger partial charge >= 0.3 is 0 Å². The maximum atomic E-state index is 13.6. The number of hydrogen-bond acceptors (Lipinski definition) is 7. The van der Waals surface area contributed by atoms with Crippen LogP contribution < -0.4 is 10.6 Å². The van der Waals surface area contributed by atoms with Gasteiger partial charge in [0.05, 0.1) is 30.0 Å². The topological polar surface area (TPSA) is 134 Å². The van der Waals surface area contributed by atoms with Crippen LogP contribution in [0.1, 0.15) is 103 Å². The number of unbranched alkanes of at least 4 members (excludes halogenated alkanes) is 1. The third-order valence-electron chi connectivity index (χ3n) is 8.88. The van der Waals surface area contributed by atoms with Gasteiger partial charge in [0.25, 0.3) is 0 Å². The summed E-state index contributed by atoms with van der Waals surface area (Å²) in [5, 5.41) is 26.5. The van der Waals surface area contributed by atoms with Gasteiger partial charge in [-0.2, -0.15) is 0 Å². The maximum Gasteiger partial charge on any atom is 0.227 e. The zero-order valence-electron chi connectivity index (χ0n) is 27.0. The normalized spacial score (nSPS) is 16.1. The van der Waals surface area contributed by atoms with Gasteiger partial charge in [0.15, 0.2) is 5.65 Å². The van der Waals surface area contributed by atoms with Crippen LogP contribution in [0, 0.1) is 17.8 Å². The highest BCUT2D eigenvalue weighted by Gasteiger charge is 2.32. The quantitative estimate of drug-likeness (QED) is 0.194. The molecule has 0 unspecified atom stereocenters. The highest BCUT2D eigenvalue weighted by atomic mass is 16.3. The molecule has 0 radical (unpaired) electrons. The molecule has 1 saturated carbocycles. The Bertz CT molecular complexity index is 1340. The smallest absolute Gasteiger partial charge is 0.227 e. The van der Waals surface area contributed by atoms with Gasteiger partial charge in [0.1, 0.15) is 5.82 Å². The Morgan fingerprint density at radius 3 is 2.59 bits per heavy atom. The van der Waals surface area contributed by atoms with Gasteiger partial charge in [-0.05, 0) is 49.7 Å². The molecule has 3 aromatic heterocycles. The fourth-order valence-electron chi connectivity index (χ4n) is 6.30. The van der Waals surface area contributed by atoms with E-state index < -0.39 is 12.1 Å². The first-order valence-corrected chi connectivity index (χ1v) is 16.7. The lowest BCUT2D eigenvalue weighted by molar-refractivity contribution is -0.127. The van der Waals surface area contributed by atoms with Crippen molar-refractivity contribution in [2.45, 2.75) is 117 Å². The van der Waals surface area contributed by atoms with E-state index >= 15 is 0 Å². The zero-order chi connectivity index (χ0) is 31.5. The lowest BCUT2D eigenvalue weighted by Crippen LogP contribution is -2.47. The van der Waals surface area contributed by atoms with E-state index in [-0.39, 0.29) is 30.1 Å². The van der Waals surface area contributed by atoms with Crippen LogP contribution in [-0.2, 0) is 22.4 Å².